The van der Waals surface area contributed by atoms with Crippen molar-refractivity contribution in [2.45, 2.75) is 90.6 Å². The molecule has 3 aromatic carbocycles. The maximum absolute atomic E-state index is 16.4. The number of fused-ring (bicyclic) bond motifs is 4. The predicted octanol–water partition coefficient (Wildman–Crippen LogP) is 7.56. The number of hydrogen-bond acceptors (Lipinski definition) is 9. The number of anilines is 1. The maximum atomic E-state index is 16.4. The molecule has 2 aliphatic carbocycles. The van der Waals surface area contributed by atoms with Gasteiger partial charge >= 0.3 is 0 Å². The van der Waals surface area contributed by atoms with Crippen LogP contribution in [-0.2, 0) is 33.5 Å². The van der Waals surface area contributed by atoms with E-state index in [9.17, 15) is 17.6 Å². The highest BCUT2D eigenvalue weighted by atomic mass is 32.2. The lowest BCUT2D eigenvalue weighted by atomic mass is 9.99. The lowest BCUT2D eigenvalue weighted by Crippen LogP contribution is -2.40. The van der Waals surface area contributed by atoms with Gasteiger partial charge in [-0.15, -0.1) is 0 Å². The third-order valence-electron chi connectivity index (χ3n) is 11.9. The summed E-state index contributed by atoms with van der Waals surface area (Å²) in [6.45, 7) is 10.2. The van der Waals surface area contributed by atoms with Crippen LogP contribution in [0.2, 0.25) is 0 Å². The number of hydrazine groups is 1. The van der Waals surface area contributed by atoms with Crippen molar-refractivity contribution in [3.05, 3.63) is 128 Å². The summed E-state index contributed by atoms with van der Waals surface area (Å²) in [4.78, 5) is 43.7. The van der Waals surface area contributed by atoms with Crippen molar-refractivity contribution in [1.29, 1.82) is 0 Å². The van der Waals surface area contributed by atoms with E-state index in [0.29, 0.717) is 28.9 Å². The number of benzene rings is 3. The van der Waals surface area contributed by atoms with Crippen LogP contribution < -0.4 is 21.3 Å². The number of sulfonamides is 1. The minimum Gasteiger partial charge on any atom is -0.344 e. The lowest BCUT2D eigenvalue weighted by molar-refractivity contribution is -0.122. The van der Waals surface area contributed by atoms with Crippen molar-refractivity contribution in [3.8, 4) is 17.1 Å². The van der Waals surface area contributed by atoms with Gasteiger partial charge < -0.3 is 5.32 Å². The Morgan fingerprint density at radius 2 is 1.80 bits per heavy atom. The third-order valence-corrected chi connectivity index (χ3v) is 12.8. The fourth-order valence-corrected chi connectivity index (χ4v) is 9.53. The van der Waals surface area contributed by atoms with Gasteiger partial charge in [-0.05, 0) is 102 Å². The molecule has 14 nitrogen and oxygen atoms in total. The fourth-order valence-electron chi connectivity index (χ4n) is 9.11. The molecule has 0 spiro atoms. The number of aryl methyl sites for hydroxylation is 3. The molecule has 19 heteroatoms. The molecule has 4 unspecified atom stereocenters. The zero-order valence-corrected chi connectivity index (χ0v) is 38.9. The zero-order valence-electron chi connectivity index (χ0n) is 37.0. The second kappa shape index (κ2) is 17.4. The molecule has 7 atom stereocenters. The number of carbonyl (C=O) groups is 1. The van der Waals surface area contributed by atoms with Crippen LogP contribution in [0.15, 0.2) is 76.1 Å². The van der Waals surface area contributed by atoms with Gasteiger partial charge in [-0.3, -0.25) is 29.3 Å². The normalized spacial score (nSPS) is 19.2. The molecule has 0 saturated heterocycles. The minimum absolute atomic E-state index is 0.113. The Morgan fingerprint density at radius 3 is 2.48 bits per heavy atom. The van der Waals surface area contributed by atoms with Crippen LogP contribution in [0, 0.1) is 26.7 Å². The van der Waals surface area contributed by atoms with Crippen LogP contribution in [0.4, 0.5) is 18.9 Å². The Bertz CT molecular complexity index is 3040. The highest BCUT2D eigenvalue weighted by Gasteiger charge is 2.63. The quantitative estimate of drug-likeness (QED) is 0.0454. The van der Waals surface area contributed by atoms with E-state index in [0.717, 1.165) is 34.8 Å². The highest BCUT2D eigenvalue weighted by molar-refractivity contribution is 7.89. The van der Waals surface area contributed by atoms with Gasteiger partial charge in [0.2, 0.25) is 5.91 Å². The largest absolute Gasteiger partial charge is 0.344 e. The molecule has 3 aromatic heterocycles. The molecule has 2 aliphatic rings. The van der Waals surface area contributed by atoms with E-state index in [-0.39, 0.29) is 64.4 Å². The average Bonchev–Trinajstić information content (AvgIpc) is 3.89. The van der Waals surface area contributed by atoms with Crippen molar-refractivity contribution >= 4 is 48.1 Å². The number of rotatable bonds is 15. The molecule has 1 fully saturated rings. The SMILES string of the molecule is CCN(NC=NS(C)(=O)=O)c1cc(C)ccc1-n1c([C@H](Cc2cc(C)cc(C)c2)NC(=O)Cn2nc(C(C)F)c3c2C(C)(F)[C@@H]2C[C@H]32)nc2cc(-c3nccc(C(F)P)n3)ccc2c1=O. The third kappa shape index (κ3) is 9.15. The predicted molar refractivity (Wildman–Crippen MR) is 248 cm³/mol. The molecular formula is C46H50F3N10O4PS. The Morgan fingerprint density at radius 1 is 1.06 bits per heavy atom. The zero-order chi connectivity index (χ0) is 46.7. The summed E-state index contributed by atoms with van der Waals surface area (Å²) < 4.78 is 76.0. The van der Waals surface area contributed by atoms with E-state index >= 15 is 13.6 Å². The van der Waals surface area contributed by atoms with E-state index < -0.39 is 51.8 Å². The fraction of sp³-hybridized carbons (Fsp3) is 0.370. The summed E-state index contributed by atoms with van der Waals surface area (Å²) in [5.41, 5.74) is 6.64. The van der Waals surface area contributed by atoms with Gasteiger partial charge in [0.1, 0.15) is 30.6 Å². The summed E-state index contributed by atoms with van der Waals surface area (Å²) in [5.74, 6) is -2.19. The van der Waals surface area contributed by atoms with Gasteiger partial charge in [-0.25, -0.2) is 36.5 Å². The van der Waals surface area contributed by atoms with Crippen LogP contribution in [0.5, 0.6) is 0 Å². The summed E-state index contributed by atoms with van der Waals surface area (Å²) in [6, 6.07) is 16.6. The van der Waals surface area contributed by atoms with Crippen LogP contribution in [0.3, 0.4) is 0 Å². The average molecular weight is 927 g/mol. The van der Waals surface area contributed by atoms with Crippen LogP contribution in [-0.4, -0.2) is 62.8 Å². The molecule has 340 valence electrons. The Labute approximate surface area is 377 Å². The van der Waals surface area contributed by atoms with Crippen LogP contribution >= 0.6 is 9.24 Å². The van der Waals surface area contributed by atoms with Gasteiger partial charge in [-0.1, -0.05) is 50.7 Å². The smallest absolute Gasteiger partial charge is 0.266 e. The number of amides is 1. The molecule has 0 bridgehead atoms. The number of nitrogens with zero attached hydrogens (tertiary/aromatic N) is 8. The number of carbonyl (C=O) groups excluding carboxylic acids is 1. The second-order valence-electron chi connectivity index (χ2n) is 17.1. The van der Waals surface area contributed by atoms with Crippen molar-refractivity contribution in [1.82, 2.24) is 40.0 Å². The van der Waals surface area contributed by atoms with E-state index in [1.807, 2.05) is 58.0 Å². The molecule has 0 radical (unpaired) electrons. The standard InChI is InChI=1S/C46H50F3N10O4PS/c1-8-57(51-23-52-65(7,62)63)37-18-24(2)9-12-36(37)59-44(55-34-20-29(10-11-30(34)45(59)61)43-50-14-13-33(54-43)42(48)64)35(19-28-16-25(3)15-26(4)17-28)53-38(60)22-58-41-39(40(56-58)27(5)47)31-21-32(31)46(41,6)49/h9-18,20,23,27,31-32,35,42H,8,19,21-22,64H2,1-7H3,(H,51,52)(H,53,60)/t27?,31-,32+,35-,42?,46?/m0/s1. The van der Waals surface area contributed by atoms with E-state index in [1.54, 1.807) is 29.3 Å². The topological polar surface area (TPSA) is 169 Å². The van der Waals surface area contributed by atoms with Gasteiger partial charge in [-0.2, -0.15) is 9.50 Å². The van der Waals surface area contributed by atoms with Crippen molar-refractivity contribution in [2.24, 2.45) is 10.3 Å². The first-order valence-electron chi connectivity index (χ1n) is 21.2. The molecule has 2 N–H and O–H groups in total. The number of aromatic nitrogens is 6. The molecular weight excluding hydrogens is 877 g/mol. The van der Waals surface area contributed by atoms with Crippen molar-refractivity contribution in [3.63, 3.8) is 0 Å². The number of hydrogen-bond donors (Lipinski definition) is 2. The molecule has 1 saturated carbocycles. The van der Waals surface area contributed by atoms with E-state index in [1.165, 1.54) is 35.4 Å². The van der Waals surface area contributed by atoms with Gasteiger partial charge in [0.25, 0.3) is 15.6 Å². The number of halogens is 3. The first kappa shape index (κ1) is 45.6. The van der Waals surface area contributed by atoms with Crippen molar-refractivity contribution < 1.29 is 26.4 Å². The summed E-state index contributed by atoms with van der Waals surface area (Å²) in [7, 11) is -1.68. The van der Waals surface area contributed by atoms with E-state index in [4.69, 9.17) is 4.98 Å². The van der Waals surface area contributed by atoms with Crippen molar-refractivity contribution in [2.75, 3.05) is 17.8 Å². The minimum atomic E-state index is -3.74. The Kier molecular flexibility index (Phi) is 12.2. The first-order valence-corrected chi connectivity index (χ1v) is 23.7. The molecule has 3 heterocycles. The first-order chi connectivity index (χ1) is 30.7. The molecule has 8 rings (SSSR count). The van der Waals surface area contributed by atoms with Crippen LogP contribution in [0.25, 0.3) is 28.0 Å². The molecule has 65 heavy (non-hydrogen) atoms. The number of nitrogens with one attached hydrogen (secondary N) is 2. The summed E-state index contributed by atoms with van der Waals surface area (Å²) in [5, 5.41) is 9.40. The molecule has 6 aromatic rings. The highest BCUT2D eigenvalue weighted by Crippen LogP contribution is 2.67. The maximum Gasteiger partial charge on any atom is 0.266 e. The van der Waals surface area contributed by atoms with Crippen LogP contribution in [0.1, 0.15) is 102 Å². The van der Waals surface area contributed by atoms with Gasteiger partial charge in [0.15, 0.2) is 17.4 Å². The summed E-state index contributed by atoms with van der Waals surface area (Å²) >= 11 is 0. The lowest BCUT2D eigenvalue weighted by Gasteiger charge is -2.28. The van der Waals surface area contributed by atoms with Gasteiger partial charge in [0.05, 0.1) is 46.0 Å². The second-order valence-corrected chi connectivity index (χ2v) is 19.4. The van der Waals surface area contributed by atoms with E-state index in [2.05, 4.69) is 39.4 Å². The molecule has 0 aliphatic heterocycles. The summed E-state index contributed by atoms with van der Waals surface area (Å²) in [6.07, 6.45) is 2.69. The number of alkyl halides is 3. The Balaban J connectivity index is 1.33. The Hall–Kier alpha value is -6.00. The monoisotopic (exact) mass is 926 g/mol. The molecule has 1 amide bonds. The van der Waals surface area contributed by atoms with Gasteiger partial charge in [0, 0.05) is 29.8 Å².